The number of aromatic carboxylic acids is 1. The van der Waals surface area contributed by atoms with Crippen LogP contribution < -0.4 is 5.56 Å². The minimum absolute atomic E-state index is 0.277. The Labute approximate surface area is 83.2 Å². The number of aromatic nitrogens is 2. The Bertz CT molecular complexity index is 541. The summed E-state index contributed by atoms with van der Waals surface area (Å²) < 4.78 is 4.81. The number of carboxylic acid groups (broad SMARTS) is 1. The average Bonchev–Trinajstić information content (AvgIpc) is 2.69. The SMILES string of the molecule is O=C(O)c1cnc(-c2ccoc2)[nH]c1=O. The van der Waals surface area contributed by atoms with E-state index in [1.807, 2.05) is 0 Å². The van der Waals surface area contributed by atoms with Crippen molar-refractivity contribution in [3.63, 3.8) is 0 Å². The number of hydrogen-bond acceptors (Lipinski definition) is 4. The van der Waals surface area contributed by atoms with Crippen LogP contribution in [0.3, 0.4) is 0 Å². The molecule has 15 heavy (non-hydrogen) atoms. The molecule has 0 aliphatic heterocycles. The largest absolute Gasteiger partial charge is 0.477 e. The molecule has 0 saturated carbocycles. The highest BCUT2D eigenvalue weighted by molar-refractivity contribution is 5.86. The highest BCUT2D eigenvalue weighted by Crippen LogP contribution is 2.12. The molecule has 0 saturated heterocycles. The number of aromatic amines is 1. The highest BCUT2D eigenvalue weighted by atomic mass is 16.4. The predicted octanol–water partition coefficient (Wildman–Crippen LogP) is 0.728. The molecule has 0 amide bonds. The number of hydrogen-bond donors (Lipinski definition) is 2. The van der Waals surface area contributed by atoms with Gasteiger partial charge in [-0.2, -0.15) is 0 Å². The maximum atomic E-state index is 11.3. The van der Waals surface area contributed by atoms with Crippen LogP contribution in [-0.4, -0.2) is 21.0 Å². The third-order valence-electron chi connectivity index (χ3n) is 1.82. The molecule has 2 N–H and O–H groups in total. The third kappa shape index (κ3) is 1.64. The second-order valence-corrected chi connectivity index (χ2v) is 2.79. The van der Waals surface area contributed by atoms with E-state index in [-0.39, 0.29) is 11.4 Å². The van der Waals surface area contributed by atoms with Gasteiger partial charge in [-0.15, -0.1) is 0 Å². The van der Waals surface area contributed by atoms with Crippen LogP contribution in [0.4, 0.5) is 0 Å². The highest BCUT2D eigenvalue weighted by Gasteiger charge is 2.10. The number of rotatable bonds is 2. The van der Waals surface area contributed by atoms with E-state index in [1.165, 1.54) is 12.5 Å². The lowest BCUT2D eigenvalue weighted by Crippen LogP contribution is -2.18. The van der Waals surface area contributed by atoms with Crippen molar-refractivity contribution in [3.05, 3.63) is 40.7 Å². The summed E-state index contributed by atoms with van der Waals surface area (Å²) in [6.07, 6.45) is 3.85. The maximum absolute atomic E-state index is 11.3. The van der Waals surface area contributed by atoms with Crippen LogP contribution >= 0.6 is 0 Å². The van der Waals surface area contributed by atoms with Crippen LogP contribution in [-0.2, 0) is 0 Å². The van der Waals surface area contributed by atoms with Gasteiger partial charge in [0.2, 0.25) is 0 Å². The summed E-state index contributed by atoms with van der Waals surface area (Å²) in [5, 5.41) is 8.61. The fraction of sp³-hybridized carbons (Fsp3) is 0. The number of carbonyl (C=O) groups is 1. The van der Waals surface area contributed by atoms with E-state index in [2.05, 4.69) is 9.97 Å². The van der Waals surface area contributed by atoms with Crippen molar-refractivity contribution in [1.29, 1.82) is 0 Å². The van der Waals surface area contributed by atoms with Crippen molar-refractivity contribution >= 4 is 5.97 Å². The normalized spacial score (nSPS) is 10.1. The van der Waals surface area contributed by atoms with Crippen LogP contribution in [0.5, 0.6) is 0 Å². The van der Waals surface area contributed by atoms with Crippen molar-refractivity contribution in [2.45, 2.75) is 0 Å². The molecule has 0 radical (unpaired) electrons. The summed E-state index contributed by atoms with van der Waals surface area (Å²) in [6.45, 7) is 0. The first-order valence-electron chi connectivity index (χ1n) is 4.03. The molecule has 2 aromatic rings. The second-order valence-electron chi connectivity index (χ2n) is 2.79. The van der Waals surface area contributed by atoms with Gasteiger partial charge in [-0.25, -0.2) is 9.78 Å². The Morgan fingerprint density at radius 3 is 2.87 bits per heavy atom. The molecular formula is C9H6N2O4. The van der Waals surface area contributed by atoms with Crippen LogP contribution in [0.1, 0.15) is 10.4 Å². The Balaban J connectivity index is 2.52. The Hall–Kier alpha value is -2.37. The van der Waals surface area contributed by atoms with E-state index in [4.69, 9.17) is 9.52 Å². The molecule has 0 aromatic carbocycles. The van der Waals surface area contributed by atoms with Gasteiger partial charge >= 0.3 is 5.97 Å². The maximum Gasteiger partial charge on any atom is 0.342 e. The van der Waals surface area contributed by atoms with Gasteiger partial charge in [0.25, 0.3) is 5.56 Å². The van der Waals surface area contributed by atoms with Crippen LogP contribution in [0.25, 0.3) is 11.4 Å². The van der Waals surface area contributed by atoms with Gasteiger partial charge < -0.3 is 14.5 Å². The lowest BCUT2D eigenvalue weighted by atomic mass is 10.3. The summed E-state index contributed by atoms with van der Waals surface area (Å²) >= 11 is 0. The monoisotopic (exact) mass is 206 g/mol. The molecule has 0 bridgehead atoms. The van der Waals surface area contributed by atoms with Gasteiger partial charge in [0.15, 0.2) is 0 Å². The third-order valence-corrected chi connectivity index (χ3v) is 1.82. The molecule has 0 spiro atoms. The van der Waals surface area contributed by atoms with E-state index in [0.717, 1.165) is 6.20 Å². The summed E-state index contributed by atoms with van der Waals surface area (Å²) in [5.41, 5.74) is -0.486. The zero-order valence-electron chi connectivity index (χ0n) is 7.43. The second kappa shape index (κ2) is 3.41. The van der Waals surface area contributed by atoms with Crippen LogP contribution in [0.2, 0.25) is 0 Å². The lowest BCUT2D eigenvalue weighted by Gasteiger charge is -1.96. The summed E-state index contributed by atoms with van der Waals surface area (Å²) in [5.74, 6) is -1.03. The van der Waals surface area contributed by atoms with Gasteiger partial charge in [-0.1, -0.05) is 0 Å². The predicted molar refractivity (Wildman–Crippen MR) is 49.5 cm³/mol. The van der Waals surface area contributed by atoms with E-state index >= 15 is 0 Å². The summed E-state index contributed by atoms with van der Waals surface area (Å²) in [4.78, 5) is 28.0. The standard InChI is InChI=1S/C9H6N2O4/c12-8-6(9(13)14)3-10-7(11-8)5-1-2-15-4-5/h1-4H,(H,13,14)(H,10,11,12). The van der Waals surface area contributed by atoms with Gasteiger partial charge in [0.1, 0.15) is 17.7 Å². The molecule has 2 rings (SSSR count). The van der Waals surface area contributed by atoms with Crippen molar-refractivity contribution in [1.82, 2.24) is 9.97 Å². The van der Waals surface area contributed by atoms with Crippen LogP contribution in [0.15, 0.2) is 34.0 Å². The van der Waals surface area contributed by atoms with Crippen molar-refractivity contribution in [2.24, 2.45) is 0 Å². The Morgan fingerprint density at radius 1 is 1.53 bits per heavy atom. The number of nitrogens with one attached hydrogen (secondary N) is 1. The van der Waals surface area contributed by atoms with Gasteiger partial charge in [0, 0.05) is 6.20 Å². The van der Waals surface area contributed by atoms with E-state index in [9.17, 15) is 9.59 Å². The minimum atomic E-state index is -1.30. The first-order valence-corrected chi connectivity index (χ1v) is 4.03. The van der Waals surface area contributed by atoms with Gasteiger partial charge in [0.05, 0.1) is 11.8 Å². The first-order chi connectivity index (χ1) is 7.18. The molecular weight excluding hydrogens is 200 g/mol. The van der Waals surface area contributed by atoms with Crippen molar-refractivity contribution in [3.8, 4) is 11.4 Å². The number of carboxylic acids is 1. The van der Waals surface area contributed by atoms with Crippen LogP contribution in [0, 0.1) is 0 Å². The topological polar surface area (TPSA) is 96.2 Å². The minimum Gasteiger partial charge on any atom is -0.477 e. The zero-order valence-corrected chi connectivity index (χ0v) is 7.43. The Kier molecular flexibility index (Phi) is 2.09. The molecule has 0 aliphatic carbocycles. The summed E-state index contributed by atoms with van der Waals surface area (Å²) in [6, 6.07) is 1.61. The molecule has 0 fully saturated rings. The fourth-order valence-electron chi connectivity index (χ4n) is 1.09. The van der Waals surface area contributed by atoms with E-state index in [0.29, 0.717) is 5.56 Å². The van der Waals surface area contributed by atoms with Crippen molar-refractivity contribution in [2.75, 3.05) is 0 Å². The molecule has 0 atom stereocenters. The Morgan fingerprint density at radius 2 is 2.33 bits per heavy atom. The summed E-state index contributed by atoms with van der Waals surface area (Å²) in [7, 11) is 0. The molecule has 0 unspecified atom stereocenters. The number of furan rings is 1. The van der Waals surface area contributed by atoms with Gasteiger partial charge in [-0.3, -0.25) is 4.79 Å². The molecule has 2 heterocycles. The number of nitrogens with zero attached hydrogens (tertiary/aromatic N) is 1. The molecule has 2 aromatic heterocycles. The van der Waals surface area contributed by atoms with Crippen molar-refractivity contribution < 1.29 is 14.3 Å². The number of H-pyrrole nitrogens is 1. The smallest absolute Gasteiger partial charge is 0.342 e. The molecule has 6 nitrogen and oxygen atoms in total. The van der Waals surface area contributed by atoms with E-state index < -0.39 is 11.5 Å². The molecule has 6 heteroatoms. The van der Waals surface area contributed by atoms with E-state index in [1.54, 1.807) is 6.07 Å². The average molecular weight is 206 g/mol. The molecule has 76 valence electrons. The quantitative estimate of drug-likeness (QED) is 0.754. The first kappa shape index (κ1) is 9.20. The zero-order chi connectivity index (χ0) is 10.8. The van der Waals surface area contributed by atoms with Gasteiger partial charge in [-0.05, 0) is 6.07 Å². The molecule has 0 aliphatic rings. The lowest BCUT2D eigenvalue weighted by molar-refractivity contribution is 0.0694. The fourth-order valence-corrected chi connectivity index (χ4v) is 1.09.